The van der Waals surface area contributed by atoms with E-state index < -0.39 is 0 Å². The van der Waals surface area contributed by atoms with E-state index in [9.17, 15) is 0 Å². The molecule has 0 radical (unpaired) electrons. The fourth-order valence-electron chi connectivity index (χ4n) is 1.07. The minimum Gasteiger partial charge on any atom is -0.383 e. The predicted molar refractivity (Wildman–Crippen MR) is 58.7 cm³/mol. The lowest BCUT2D eigenvalue weighted by molar-refractivity contribution is 0.114. The molecule has 0 unspecified atom stereocenters. The first-order chi connectivity index (χ1) is 6.35. The molecule has 0 aliphatic rings. The highest BCUT2D eigenvalue weighted by Crippen LogP contribution is 1.93. The highest BCUT2D eigenvalue weighted by molar-refractivity contribution is 7.80. The average Bonchev–Trinajstić information content (AvgIpc) is 2.17. The molecule has 3 nitrogen and oxygen atoms in total. The number of methoxy groups -OCH3 is 2. The minimum absolute atomic E-state index is 0.788. The van der Waals surface area contributed by atoms with E-state index in [1.165, 1.54) is 0 Å². The zero-order valence-electron chi connectivity index (χ0n) is 8.66. The minimum atomic E-state index is 0.788. The topological polar surface area (TPSA) is 21.7 Å². The Hall–Kier alpha value is 0.230. The van der Waals surface area contributed by atoms with Crippen molar-refractivity contribution in [3.05, 3.63) is 0 Å². The zero-order valence-corrected chi connectivity index (χ0v) is 9.56. The van der Waals surface area contributed by atoms with Crippen molar-refractivity contribution in [2.75, 3.05) is 52.8 Å². The van der Waals surface area contributed by atoms with Crippen LogP contribution in [-0.2, 0) is 9.47 Å². The van der Waals surface area contributed by atoms with Crippen molar-refractivity contribution in [1.29, 1.82) is 0 Å². The van der Waals surface area contributed by atoms with Gasteiger partial charge >= 0.3 is 0 Å². The Morgan fingerprint density at radius 1 is 1.00 bits per heavy atom. The van der Waals surface area contributed by atoms with Crippen LogP contribution < -0.4 is 0 Å². The fourth-order valence-corrected chi connectivity index (χ4v) is 1.21. The summed E-state index contributed by atoms with van der Waals surface area (Å²) in [5.41, 5.74) is 0. The van der Waals surface area contributed by atoms with Gasteiger partial charge in [-0.15, -0.1) is 0 Å². The molecular formula is C9H21NO2S. The highest BCUT2D eigenvalue weighted by Gasteiger charge is 2.02. The van der Waals surface area contributed by atoms with Gasteiger partial charge in [-0.2, -0.15) is 12.6 Å². The highest BCUT2D eigenvalue weighted by atomic mass is 32.1. The Morgan fingerprint density at radius 2 is 1.54 bits per heavy atom. The van der Waals surface area contributed by atoms with Gasteiger partial charge in [-0.25, -0.2) is 0 Å². The van der Waals surface area contributed by atoms with E-state index in [0.29, 0.717) is 0 Å². The van der Waals surface area contributed by atoms with Crippen LogP contribution in [-0.4, -0.2) is 57.7 Å². The lowest BCUT2D eigenvalue weighted by atomic mass is 10.4. The molecule has 0 aromatic carbocycles. The van der Waals surface area contributed by atoms with Gasteiger partial charge in [-0.3, -0.25) is 4.90 Å². The molecule has 0 bridgehead atoms. The van der Waals surface area contributed by atoms with E-state index in [0.717, 1.165) is 45.0 Å². The summed E-state index contributed by atoms with van der Waals surface area (Å²) in [6, 6.07) is 0. The molecule has 0 heterocycles. The third kappa shape index (κ3) is 8.56. The standard InChI is InChI=1S/C9H21NO2S/c1-11-7-5-10(4-3-9-13)6-8-12-2/h13H,3-9H2,1-2H3. The van der Waals surface area contributed by atoms with E-state index in [1.54, 1.807) is 14.2 Å². The summed E-state index contributed by atoms with van der Waals surface area (Å²) in [7, 11) is 3.46. The van der Waals surface area contributed by atoms with Gasteiger partial charge < -0.3 is 9.47 Å². The van der Waals surface area contributed by atoms with Crippen molar-refractivity contribution in [2.45, 2.75) is 6.42 Å². The number of thiol groups is 1. The van der Waals surface area contributed by atoms with Crippen molar-refractivity contribution in [2.24, 2.45) is 0 Å². The Morgan fingerprint density at radius 3 is 1.92 bits per heavy atom. The quantitative estimate of drug-likeness (QED) is 0.568. The molecule has 0 saturated heterocycles. The first kappa shape index (κ1) is 13.2. The summed E-state index contributed by atoms with van der Waals surface area (Å²) < 4.78 is 10.1. The molecular weight excluding hydrogens is 186 g/mol. The molecule has 4 heteroatoms. The Balaban J connectivity index is 3.47. The van der Waals surface area contributed by atoms with E-state index in [4.69, 9.17) is 9.47 Å². The second-order valence-corrected chi connectivity index (χ2v) is 3.35. The molecule has 0 saturated carbocycles. The number of hydrogen-bond donors (Lipinski definition) is 1. The van der Waals surface area contributed by atoms with E-state index >= 15 is 0 Å². The van der Waals surface area contributed by atoms with Crippen LogP contribution in [0.4, 0.5) is 0 Å². The lowest BCUT2D eigenvalue weighted by Gasteiger charge is -2.20. The van der Waals surface area contributed by atoms with E-state index in [-0.39, 0.29) is 0 Å². The Bertz CT molecular complexity index is 84.6. The van der Waals surface area contributed by atoms with Gasteiger partial charge in [0.25, 0.3) is 0 Å². The normalized spacial score (nSPS) is 11.1. The molecule has 0 N–H and O–H groups in total. The number of ether oxygens (including phenoxy) is 2. The first-order valence-electron chi connectivity index (χ1n) is 4.66. The van der Waals surface area contributed by atoms with Gasteiger partial charge in [0, 0.05) is 27.3 Å². The fraction of sp³-hybridized carbons (Fsp3) is 1.00. The maximum Gasteiger partial charge on any atom is 0.0589 e. The van der Waals surface area contributed by atoms with Gasteiger partial charge in [0.1, 0.15) is 0 Å². The van der Waals surface area contributed by atoms with Gasteiger partial charge in [0.05, 0.1) is 13.2 Å². The van der Waals surface area contributed by atoms with Crippen LogP contribution in [0.3, 0.4) is 0 Å². The summed E-state index contributed by atoms with van der Waals surface area (Å²) in [6.07, 6.45) is 1.12. The van der Waals surface area contributed by atoms with Crippen molar-refractivity contribution < 1.29 is 9.47 Å². The van der Waals surface area contributed by atoms with Gasteiger partial charge in [0.15, 0.2) is 0 Å². The summed E-state index contributed by atoms with van der Waals surface area (Å²) in [5, 5.41) is 0. The molecule has 0 aliphatic heterocycles. The van der Waals surface area contributed by atoms with Crippen molar-refractivity contribution in [3.8, 4) is 0 Å². The molecule has 13 heavy (non-hydrogen) atoms. The molecule has 0 fully saturated rings. The van der Waals surface area contributed by atoms with E-state index in [1.807, 2.05) is 0 Å². The number of rotatable bonds is 9. The maximum absolute atomic E-state index is 5.03. The van der Waals surface area contributed by atoms with Gasteiger partial charge in [0.2, 0.25) is 0 Å². The molecule has 80 valence electrons. The maximum atomic E-state index is 5.03. The molecule has 0 rings (SSSR count). The SMILES string of the molecule is COCCN(CCCS)CCOC. The van der Waals surface area contributed by atoms with E-state index in [2.05, 4.69) is 17.5 Å². The van der Waals surface area contributed by atoms with Crippen molar-refractivity contribution in [3.63, 3.8) is 0 Å². The molecule has 0 aliphatic carbocycles. The third-order valence-corrected chi connectivity index (χ3v) is 2.17. The van der Waals surface area contributed by atoms with Crippen molar-refractivity contribution >= 4 is 12.6 Å². The van der Waals surface area contributed by atoms with Crippen LogP contribution in [0, 0.1) is 0 Å². The molecule has 0 aromatic heterocycles. The second kappa shape index (κ2) is 10.3. The molecule has 0 spiro atoms. The van der Waals surface area contributed by atoms with Crippen molar-refractivity contribution in [1.82, 2.24) is 4.90 Å². The smallest absolute Gasteiger partial charge is 0.0589 e. The van der Waals surface area contributed by atoms with Crippen LogP contribution >= 0.6 is 12.6 Å². The van der Waals surface area contributed by atoms with Gasteiger partial charge in [-0.05, 0) is 18.7 Å². The summed E-state index contributed by atoms with van der Waals surface area (Å²) in [4.78, 5) is 2.34. The van der Waals surface area contributed by atoms with Gasteiger partial charge in [-0.1, -0.05) is 0 Å². The molecule has 0 aromatic rings. The lowest BCUT2D eigenvalue weighted by Crippen LogP contribution is -2.31. The van der Waals surface area contributed by atoms with Crippen LogP contribution in [0.1, 0.15) is 6.42 Å². The second-order valence-electron chi connectivity index (χ2n) is 2.90. The number of nitrogens with zero attached hydrogens (tertiary/aromatic N) is 1. The molecule has 0 amide bonds. The summed E-state index contributed by atoms with van der Waals surface area (Å²) in [6.45, 7) is 4.62. The Kier molecular flexibility index (Phi) is 10.5. The van der Waals surface area contributed by atoms with Crippen LogP contribution in [0.15, 0.2) is 0 Å². The monoisotopic (exact) mass is 207 g/mol. The molecule has 0 atom stereocenters. The number of hydrogen-bond acceptors (Lipinski definition) is 4. The van der Waals surface area contributed by atoms with Crippen LogP contribution in [0.25, 0.3) is 0 Å². The average molecular weight is 207 g/mol. The van der Waals surface area contributed by atoms with Crippen LogP contribution in [0.2, 0.25) is 0 Å². The predicted octanol–water partition coefficient (Wildman–Crippen LogP) is 0.901. The first-order valence-corrected chi connectivity index (χ1v) is 5.29. The zero-order chi connectivity index (χ0) is 9.94. The summed E-state index contributed by atoms with van der Waals surface area (Å²) >= 11 is 4.19. The van der Waals surface area contributed by atoms with Crippen LogP contribution in [0.5, 0.6) is 0 Å². The third-order valence-electron chi connectivity index (χ3n) is 1.86. The largest absolute Gasteiger partial charge is 0.383 e. The summed E-state index contributed by atoms with van der Waals surface area (Å²) in [5.74, 6) is 0.941. The Labute approximate surface area is 86.8 Å².